The summed E-state index contributed by atoms with van der Waals surface area (Å²) in [5.41, 5.74) is -0.260. The summed E-state index contributed by atoms with van der Waals surface area (Å²) >= 11 is 7.18. The van der Waals surface area contributed by atoms with Crippen molar-refractivity contribution in [1.29, 1.82) is 0 Å². The average molecular weight is 494 g/mol. The van der Waals surface area contributed by atoms with Crippen LogP contribution in [0.2, 0.25) is 5.28 Å². The molecular weight excluding hydrogens is 476 g/mol. The van der Waals surface area contributed by atoms with Crippen molar-refractivity contribution in [2.45, 2.75) is 0 Å². The van der Waals surface area contributed by atoms with Crippen LogP contribution in [0, 0.1) is 11.6 Å². The third-order valence-electron chi connectivity index (χ3n) is 4.65. The number of hydrogen-bond acceptors (Lipinski definition) is 8. The van der Waals surface area contributed by atoms with E-state index in [4.69, 9.17) is 21.1 Å². The third-order valence-corrected chi connectivity index (χ3v) is 5.97. The molecule has 1 aliphatic rings. The highest BCUT2D eigenvalue weighted by molar-refractivity contribution is 7.19. The Bertz CT molecular complexity index is 1190. The zero-order valence-electron chi connectivity index (χ0n) is 17.2. The number of carbonyl (C=O) groups excluding carboxylic acids is 1. The second-order valence-corrected chi connectivity index (χ2v) is 8.10. The number of halogens is 3. The molecule has 0 atom stereocenters. The minimum Gasteiger partial charge on any atom is -0.445 e. The minimum atomic E-state index is -0.995. The van der Waals surface area contributed by atoms with Crippen molar-refractivity contribution in [3.8, 4) is 21.8 Å². The predicted octanol–water partition coefficient (Wildman–Crippen LogP) is 4.77. The predicted molar refractivity (Wildman–Crippen MR) is 122 cm³/mol. The highest BCUT2D eigenvalue weighted by Gasteiger charge is 2.27. The van der Waals surface area contributed by atoms with Crippen molar-refractivity contribution in [3.63, 3.8) is 0 Å². The number of amides is 1. The standard InChI is InChI=1S/C21H18ClF2N5O3S/c1-2-9-32-21(30)27-13-4-3-12(23)15(16(13)24)17-18(14-5-6-25-19(22)26-14)33-20(28-17)29-7-10-31-11-8-29/h2-6H,1,7-11H2,(H,27,30). The molecule has 0 unspecified atom stereocenters. The molecule has 8 nitrogen and oxygen atoms in total. The summed E-state index contributed by atoms with van der Waals surface area (Å²) in [6, 6.07) is 3.74. The number of nitrogens with zero attached hydrogens (tertiary/aromatic N) is 4. The number of aromatic nitrogens is 3. The van der Waals surface area contributed by atoms with E-state index in [0.29, 0.717) is 42.0 Å². The van der Waals surface area contributed by atoms with E-state index >= 15 is 4.39 Å². The lowest BCUT2D eigenvalue weighted by Crippen LogP contribution is -2.36. The van der Waals surface area contributed by atoms with Crippen molar-refractivity contribution >= 4 is 39.8 Å². The Labute approximate surface area is 196 Å². The number of rotatable bonds is 6. The van der Waals surface area contributed by atoms with Crippen LogP contribution in [0.25, 0.3) is 21.8 Å². The van der Waals surface area contributed by atoms with Gasteiger partial charge >= 0.3 is 6.09 Å². The number of morpholine rings is 1. The fourth-order valence-electron chi connectivity index (χ4n) is 3.15. The quantitative estimate of drug-likeness (QED) is 0.391. The summed E-state index contributed by atoms with van der Waals surface area (Å²) in [6.07, 6.45) is 1.91. The fraction of sp³-hybridized carbons (Fsp3) is 0.238. The van der Waals surface area contributed by atoms with Crippen molar-refractivity contribution < 1.29 is 23.0 Å². The molecule has 33 heavy (non-hydrogen) atoms. The molecular formula is C21H18ClF2N5O3S. The van der Waals surface area contributed by atoms with E-state index < -0.39 is 23.3 Å². The normalized spacial score (nSPS) is 13.6. The maximum atomic E-state index is 15.5. The molecule has 1 saturated heterocycles. The van der Waals surface area contributed by atoms with Gasteiger partial charge in [-0.25, -0.2) is 28.5 Å². The average Bonchev–Trinajstić information content (AvgIpc) is 3.25. The topological polar surface area (TPSA) is 89.5 Å². The Morgan fingerprint density at radius 2 is 2.09 bits per heavy atom. The molecule has 0 bridgehead atoms. The van der Waals surface area contributed by atoms with E-state index in [9.17, 15) is 9.18 Å². The molecule has 3 aromatic rings. The van der Waals surface area contributed by atoms with Crippen LogP contribution in [0.4, 0.5) is 24.4 Å². The number of nitrogens with one attached hydrogen (secondary N) is 1. The van der Waals surface area contributed by atoms with Crippen LogP contribution < -0.4 is 10.2 Å². The second kappa shape index (κ2) is 10.2. The molecule has 1 amide bonds. The Morgan fingerprint density at radius 1 is 1.30 bits per heavy atom. The van der Waals surface area contributed by atoms with E-state index in [1.807, 2.05) is 4.90 Å². The first-order valence-corrected chi connectivity index (χ1v) is 11.0. The van der Waals surface area contributed by atoms with Gasteiger partial charge in [0.25, 0.3) is 0 Å². The van der Waals surface area contributed by atoms with E-state index in [1.165, 1.54) is 23.6 Å². The fourth-order valence-corrected chi connectivity index (χ4v) is 4.39. The van der Waals surface area contributed by atoms with Gasteiger partial charge in [0.05, 0.1) is 40.7 Å². The molecule has 0 saturated carbocycles. The van der Waals surface area contributed by atoms with Gasteiger partial charge in [-0.15, -0.1) is 0 Å². The van der Waals surface area contributed by atoms with E-state index in [0.717, 1.165) is 12.1 Å². The van der Waals surface area contributed by atoms with Crippen LogP contribution >= 0.6 is 22.9 Å². The van der Waals surface area contributed by atoms with Gasteiger partial charge < -0.3 is 14.4 Å². The zero-order valence-corrected chi connectivity index (χ0v) is 18.8. The highest BCUT2D eigenvalue weighted by Crippen LogP contribution is 2.42. The monoisotopic (exact) mass is 493 g/mol. The van der Waals surface area contributed by atoms with E-state index in [1.54, 1.807) is 6.07 Å². The van der Waals surface area contributed by atoms with Gasteiger partial charge in [0, 0.05) is 19.3 Å². The van der Waals surface area contributed by atoms with Crippen LogP contribution in [0.1, 0.15) is 0 Å². The first kappa shape index (κ1) is 23.0. The zero-order chi connectivity index (χ0) is 23.4. The highest BCUT2D eigenvalue weighted by atomic mass is 35.5. The van der Waals surface area contributed by atoms with E-state index in [-0.39, 0.29) is 23.3 Å². The molecule has 0 spiro atoms. The maximum absolute atomic E-state index is 15.5. The van der Waals surface area contributed by atoms with Gasteiger partial charge in [0.15, 0.2) is 10.9 Å². The second-order valence-electron chi connectivity index (χ2n) is 6.78. The van der Waals surface area contributed by atoms with Crippen LogP contribution in [0.3, 0.4) is 0 Å². The van der Waals surface area contributed by atoms with Gasteiger partial charge in [0.2, 0.25) is 5.28 Å². The molecule has 2 aromatic heterocycles. The van der Waals surface area contributed by atoms with Gasteiger partial charge in [0.1, 0.15) is 12.4 Å². The summed E-state index contributed by atoms with van der Waals surface area (Å²) in [5, 5.41) is 2.82. The van der Waals surface area contributed by atoms with Crippen LogP contribution in [-0.4, -0.2) is 54.0 Å². The minimum absolute atomic E-state index is 0.0129. The van der Waals surface area contributed by atoms with E-state index in [2.05, 4.69) is 26.8 Å². The lowest BCUT2D eigenvalue weighted by atomic mass is 10.1. The molecule has 3 heterocycles. The van der Waals surface area contributed by atoms with Gasteiger partial charge in [-0.05, 0) is 29.8 Å². The van der Waals surface area contributed by atoms with Crippen molar-refractivity contribution in [1.82, 2.24) is 15.0 Å². The number of benzene rings is 1. The van der Waals surface area contributed by atoms with Crippen molar-refractivity contribution in [2.75, 3.05) is 43.1 Å². The van der Waals surface area contributed by atoms with Crippen LogP contribution in [0.15, 0.2) is 37.1 Å². The molecule has 1 aliphatic heterocycles. The number of thiazole rings is 1. The largest absolute Gasteiger partial charge is 0.445 e. The first-order chi connectivity index (χ1) is 16.0. The molecule has 0 aliphatic carbocycles. The van der Waals surface area contributed by atoms with Gasteiger partial charge in [-0.2, -0.15) is 0 Å². The number of ether oxygens (including phenoxy) is 2. The van der Waals surface area contributed by atoms with Gasteiger partial charge in [-0.1, -0.05) is 24.0 Å². The summed E-state index contributed by atoms with van der Waals surface area (Å²) in [7, 11) is 0. The Balaban J connectivity index is 1.81. The van der Waals surface area contributed by atoms with Gasteiger partial charge in [-0.3, -0.25) is 5.32 Å². The summed E-state index contributed by atoms with van der Waals surface area (Å²) < 4.78 is 40.6. The molecule has 12 heteroatoms. The smallest absolute Gasteiger partial charge is 0.412 e. The molecule has 4 rings (SSSR count). The van der Waals surface area contributed by atoms with Crippen molar-refractivity contribution in [3.05, 3.63) is 54.0 Å². The number of carbonyl (C=O) groups is 1. The number of hydrogen-bond donors (Lipinski definition) is 1. The Hall–Kier alpha value is -3.15. The number of anilines is 2. The molecule has 1 fully saturated rings. The van der Waals surface area contributed by atoms with Crippen LogP contribution in [0.5, 0.6) is 0 Å². The first-order valence-electron chi connectivity index (χ1n) is 9.83. The molecule has 1 N–H and O–H groups in total. The Kier molecular flexibility index (Phi) is 7.11. The lowest BCUT2D eigenvalue weighted by molar-refractivity contribution is 0.122. The molecule has 0 radical (unpaired) electrons. The summed E-state index contributed by atoms with van der Waals surface area (Å²) in [6.45, 7) is 5.57. The summed E-state index contributed by atoms with van der Waals surface area (Å²) in [4.78, 5) is 26.9. The Morgan fingerprint density at radius 3 is 2.82 bits per heavy atom. The van der Waals surface area contributed by atoms with Crippen LogP contribution in [-0.2, 0) is 9.47 Å². The maximum Gasteiger partial charge on any atom is 0.412 e. The third kappa shape index (κ3) is 5.10. The molecule has 172 valence electrons. The lowest BCUT2D eigenvalue weighted by Gasteiger charge is -2.26. The SMILES string of the molecule is C=CCOC(=O)Nc1ccc(F)c(-c2nc(N3CCOCC3)sc2-c2ccnc(Cl)n2)c1F. The van der Waals surface area contributed by atoms with Crippen molar-refractivity contribution in [2.24, 2.45) is 0 Å². The summed E-state index contributed by atoms with van der Waals surface area (Å²) in [5.74, 6) is -1.84. The molecule has 1 aromatic carbocycles.